The largest absolute Gasteiger partial charge is 0.294 e. The highest BCUT2D eigenvalue weighted by Gasteiger charge is 2.29. The molecule has 0 saturated carbocycles. The van der Waals surface area contributed by atoms with Crippen molar-refractivity contribution in [3.8, 4) is 11.1 Å². The molecule has 156 valence electrons. The average molecular weight is 410 g/mol. The van der Waals surface area contributed by atoms with Gasteiger partial charge in [-0.25, -0.2) is 9.50 Å². The molecule has 0 spiro atoms. The topological polar surface area (TPSA) is 47.3 Å². The second kappa shape index (κ2) is 7.77. The third-order valence-corrected chi connectivity index (χ3v) is 6.40. The van der Waals surface area contributed by atoms with E-state index in [1.165, 1.54) is 11.1 Å². The number of rotatable bonds is 4. The van der Waals surface area contributed by atoms with Crippen molar-refractivity contribution in [2.75, 3.05) is 0 Å². The molecular weight excluding hydrogens is 382 g/mol. The Balaban J connectivity index is 1.58. The van der Waals surface area contributed by atoms with Crippen LogP contribution in [0.5, 0.6) is 0 Å². The van der Waals surface area contributed by atoms with E-state index in [1.807, 2.05) is 24.4 Å². The fraction of sp³-hybridized carbons (Fsp3) is 0.296. The van der Waals surface area contributed by atoms with Gasteiger partial charge in [-0.1, -0.05) is 75.4 Å². The number of Topliss-reactive ketones (excluding diaryl/α,β-unsaturated/α-hetero) is 1. The first-order valence-corrected chi connectivity index (χ1v) is 11.1. The molecule has 2 heterocycles. The molecule has 4 nitrogen and oxygen atoms in total. The number of carbonyl (C=O) groups is 1. The molecule has 2 aromatic heterocycles. The quantitative estimate of drug-likeness (QED) is 0.416. The molecular formula is C27H27N3O. The standard InChI is InChI=1S/C27H27N3O/c1-4-23-26(20-8-6-5-7-9-20)27-28-24-14-21(15-25(31)22(24)16-30(27)29-23)19-12-10-18(11-13-19)17(2)3/h5-13,16-17,21H,4,14-15H2,1-3H3. The van der Waals surface area contributed by atoms with Gasteiger partial charge in [0, 0.05) is 18.2 Å². The third-order valence-electron chi connectivity index (χ3n) is 6.40. The van der Waals surface area contributed by atoms with Gasteiger partial charge in [0.2, 0.25) is 0 Å². The molecule has 1 unspecified atom stereocenters. The summed E-state index contributed by atoms with van der Waals surface area (Å²) in [5, 5.41) is 4.76. The second-order valence-electron chi connectivity index (χ2n) is 8.76. The van der Waals surface area contributed by atoms with Crippen LogP contribution in [0, 0.1) is 0 Å². The van der Waals surface area contributed by atoms with E-state index in [2.05, 4.69) is 57.2 Å². The summed E-state index contributed by atoms with van der Waals surface area (Å²) in [4.78, 5) is 18.1. The molecule has 0 aliphatic heterocycles. The van der Waals surface area contributed by atoms with Crippen molar-refractivity contribution in [2.24, 2.45) is 0 Å². The van der Waals surface area contributed by atoms with Crippen LogP contribution in [0.2, 0.25) is 0 Å². The third kappa shape index (κ3) is 3.46. The van der Waals surface area contributed by atoms with Crippen LogP contribution >= 0.6 is 0 Å². The highest BCUT2D eigenvalue weighted by molar-refractivity contribution is 5.99. The zero-order valence-electron chi connectivity index (χ0n) is 18.3. The molecule has 0 bridgehead atoms. The van der Waals surface area contributed by atoms with Gasteiger partial charge < -0.3 is 0 Å². The molecule has 4 aromatic rings. The number of fused-ring (bicyclic) bond motifs is 2. The molecule has 0 N–H and O–H groups in total. The van der Waals surface area contributed by atoms with E-state index < -0.39 is 0 Å². The molecule has 1 aliphatic carbocycles. The number of hydrogen-bond acceptors (Lipinski definition) is 3. The normalized spacial score (nSPS) is 16.1. The molecule has 1 atom stereocenters. The van der Waals surface area contributed by atoms with Crippen LogP contribution in [0.4, 0.5) is 0 Å². The van der Waals surface area contributed by atoms with Crippen LogP contribution < -0.4 is 0 Å². The van der Waals surface area contributed by atoms with Crippen molar-refractivity contribution in [3.05, 3.63) is 88.9 Å². The Morgan fingerprint density at radius 3 is 2.45 bits per heavy atom. The van der Waals surface area contributed by atoms with Crippen LogP contribution in [0.1, 0.15) is 71.9 Å². The van der Waals surface area contributed by atoms with E-state index in [0.717, 1.165) is 41.0 Å². The number of benzene rings is 2. The molecule has 0 radical (unpaired) electrons. The minimum atomic E-state index is 0.156. The number of aryl methyl sites for hydroxylation is 1. The lowest BCUT2D eigenvalue weighted by atomic mass is 9.81. The van der Waals surface area contributed by atoms with E-state index in [1.54, 1.807) is 4.52 Å². The Bertz CT molecular complexity index is 1250. The highest BCUT2D eigenvalue weighted by Crippen LogP contribution is 2.35. The second-order valence-corrected chi connectivity index (χ2v) is 8.76. The van der Waals surface area contributed by atoms with Gasteiger partial charge in [-0.05, 0) is 41.4 Å². The summed E-state index contributed by atoms with van der Waals surface area (Å²) in [6, 6.07) is 19.0. The summed E-state index contributed by atoms with van der Waals surface area (Å²) in [6.07, 6.45) is 4.01. The molecule has 5 rings (SSSR count). The fourth-order valence-corrected chi connectivity index (χ4v) is 4.62. The zero-order valence-corrected chi connectivity index (χ0v) is 18.3. The number of hydrogen-bond donors (Lipinski definition) is 0. The molecule has 0 saturated heterocycles. The molecule has 0 fully saturated rings. The number of nitrogens with zero attached hydrogens (tertiary/aromatic N) is 3. The van der Waals surface area contributed by atoms with Crippen molar-refractivity contribution in [2.45, 2.75) is 51.9 Å². The minimum Gasteiger partial charge on any atom is -0.294 e. The van der Waals surface area contributed by atoms with Gasteiger partial charge in [-0.15, -0.1) is 0 Å². The number of carbonyl (C=O) groups excluding carboxylic acids is 1. The van der Waals surface area contributed by atoms with Crippen molar-refractivity contribution in [1.82, 2.24) is 14.6 Å². The van der Waals surface area contributed by atoms with E-state index in [-0.39, 0.29) is 11.7 Å². The van der Waals surface area contributed by atoms with Gasteiger partial charge in [-0.2, -0.15) is 5.10 Å². The van der Waals surface area contributed by atoms with Crippen LogP contribution in [-0.2, 0) is 12.8 Å². The molecule has 2 aromatic carbocycles. The Labute approximate surface area is 183 Å². The Kier molecular flexibility index (Phi) is 4.93. The summed E-state index contributed by atoms with van der Waals surface area (Å²) >= 11 is 0. The summed E-state index contributed by atoms with van der Waals surface area (Å²) < 4.78 is 1.80. The molecule has 1 aliphatic rings. The SMILES string of the molecule is CCc1nn2cc3c(nc2c1-c1ccccc1)CC(c1ccc(C(C)C)cc1)CC3=O. The van der Waals surface area contributed by atoms with Crippen molar-refractivity contribution < 1.29 is 4.79 Å². The predicted molar refractivity (Wildman–Crippen MR) is 124 cm³/mol. The maximum absolute atomic E-state index is 13.0. The molecule has 0 amide bonds. The first-order valence-electron chi connectivity index (χ1n) is 11.1. The Hall–Kier alpha value is -3.27. The minimum absolute atomic E-state index is 0.156. The summed E-state index contributed by atoms with van der Waals surface area (Å²) in [6.45, 7) is 6.51. The van der Waals surface area contributed by atoms with E-state index >= 15 is 0 Å². The van der Waals surface area contributed by atoms with Crippen molar-refractivity contribution >= 4 is 11.4 Å². The summed E-state index contributed by atoms with van der Waals surface area (Å²) in [5.41, 5.74) is 8.18. The van der Waals surface area contributed by atoms with E-state index in [9.17, 15) is 4.79 Å². The lowest BCUT2D eigenvalue weighted by Crippen LogP contribution is -2.21. The lowest BCUT2D eigenvalue weighted by molar-refractivity contribution is 0.0962. The summed E-state index contributed by atoms with van der Waals surface area (Å²) in [7, 11) is 0. The average Bonchev–Trinajstić information content (AvgIpc) is 3.16. The summed E-state index contributed by atoms with van der Waals surface area (Å²) in [5.74, 6) is 0.831. The van der Waals surface area contributed by atoms with Crippen LogP contribution in [-0.4, -0.2) is 20.4 Å². The van der Waals surface area contributed by atoms with Gasteiger partial charge in [0.05, 0.1) is 17.0 Å². The fourth-order valence-electron chi connectivity index (χ4n) is 4.62. The van der Waals surface area contributed by atoms with Crippen LogP contribution in [0.15, 0.2) is 60.8 Å². The number of ketones is 1. The van der Waals surface area contributed by atoms with Gasteiger partial charge in [0.1, 0.15) is 0 Å². The van der Waals surface area contributed by atoms with Crippen LogP contribution in [0.3, 0.4) is 0 Å². The van der Waals surface area contributed by atoms with Gasteiger partial charge in [0.15, 0.2) is 11.4 Å². The number of aromatic nitrogens is 3. The maximum Gasteiger partial charge on any atom is 0.166 e. The van der Waals surface area contributed by atoms with Gasteiger partial charge in [-0.3, -0.25) is 4.79 Å². The predicted octanol–water partition coefficient (Wildman–Crippen LogP) is 5.99. The highest BCUT2D eigenvalue weighted by atomic mass is 16.1. The Morgan fingerprint density at radius 2 is 1.77 bits per heavy atom. The molecule has 4 heteroatoms. The maximum atomic E-state index is 13.0. The Morgan fingerprint density at radius 1 is 1.03 bits per heavy atom. The van der Waals surface area contributed by atoms with E-state index in [0.29, 0.717) is 17.9 Å². The van der Waals surface area contributed by atoms with Gasteiger partial charge >= 0.3 is 0 Å². The monoisotopic (exact) mass is 409 g/mol. The smallest absolute Gasteiger partial charge is 0.166 e. The van der Waals surface area contributed by atoms with E-state index in [4.69, 9.17) is 10.1 Å². The van der Waals surface area contributed by atoms with Crippen LogP contribution in [0.25, 0.3) is 16.8 Å². The lowest BCUT2D eigenvalue weighted by Gasteiger charge is -2.23. The first-order chi connectivity index (χ1) is 15.0. The molecule has 31 heavy (non-hydrogen) atoms. The zero-order chi connectivity index (χ0) is 21.5. The first kappa shape index (κ1) is 19.7. The van der Waals surface area contributed by atoms with Crippen molar-refractivity contribution in [3.63, 3.8) is 0 Å². The van der Waals surface area contributed by atoms with Gasteiger partial charge in [0.25, 0.3) is 0 Å². The van der Waals surface area contributed by atoms with Crippen molar-refractivity contribution in [1.29, 1.82) is 0 Å².